The van der Waals surface area contributed by atoms with Gasteiger partial charge in [-0.25, -0.2) is 4.98 Å². The van der Waals surface area contributed by atoms with Crippen molar-refractivity contribution in [3.63, 3.8) is 0 Å². The minimum atomic E-state index is 1.02. The highest BCUT2D eigenvalue weighted by Crippen LogP contribution is 2.14. The molecule has 0 atom stereocenters. The van der Waals surface area contributed by atoms with Crippen LogP contribution in [0.2, 0.25) is 0 Å². The minimum Gasteiger partial charge on any atom is -0.345 e. The molecule has 0 aromatic carbocycles. The van der Waals surface area contributed by atoms with Crippen LogP contribution in [0.3, 0.4) is 0 Å². The van der Waals surface area contributed by atoms with Crippen LogP contribution in [-0.4, -0.2) is 28.5 Å². The predicted octanol–water partition coefficient (Wildman–Crippen LogP) is 2.76. The van der Waals surface area contributed by atoms with E-state index in [1.54, 1.807) is 0 Å². The number of hydrogen-bond donors (Lipinski definition) is 1. The van der Waals surface area contributed by atoms with Gasteiger partial charge in [0.2, 0.25) is 0 Å². The Hall–Kier alpha value is -0.830. The molecule has 3 heteroatoms. The molecular formula is C12H25N3. The number of fused-ring (bicyclic) bond motifs is 1. The summed E-state index contributed by atoms with van der Waals surface area (Å²) in [6, 6.07) is 0. The number of hydrogen-bond acceptors (Lipinski definition) is 2. The van der Waals surface area contributed by atoms with Crippen molar-refractivity contribution < 1.29 is 0 Å². The molecule has 1 N–H and O–H groups in total. The Morgan fingerprint density at radius 3 is 2.40 bits per heavy atom. The van der Waals surface area contributed by atoms with E-state index >= 15 is 0 Å². The van der Waals surface area contributed by atoms with Crippen molar-refractivity contribution >= 4 is 0 Å². The number of aromatic nitrogens is 2. The van der Waals surface area contributed by atoms with E-state index in [2.05, 4.69) is 21.9 Å². The molecule has 0 fully saturated rings. The number of imidazole rings is 1. The molecule has 2 heterocycles. The molecule has 1 aromatic rings. The molecule has 0 aliphatic carbocycles. The van der Waals surface area contributed by atoms with Crippen LogP contribution in [0.4, 0.5) is 0 Å². The number of nitrogens with one attached hydrogen (secondary N) is 1. The third-order valence-corrected chi connectivity index (χ3v) is 2.14. The Morgan fingerprint density at radius 2 is 1.80 bits per heavy atom. The molecule has 0 spiro atoms. The van der Waals surface area contributed by atoms with Gasteiger partial charge in [-0.3, -0.25) is 0 Å². The summed E-state index contributed by atoms with van der Waals surface area (Å²) in [5.41, 5.74) is 2.57. The first-order valence-corrected chi connectivity index (χ1v) is 5.98. The van der Waals surface area contributed by atoms with Crippen molar-refractivity contribution in [1.82, 2.24) is 14.9 Å². The van der Waals surface area contributed by atoms with Crippen LogP contribution < -0.4 is 0 Å². The van der Waals surface area contributed by atoms with E-state index in [0.29, 0.717) is 0 Å². The highest BCUT2D eigenvalue weighted by molar-refractivity contribution is 5.16. The van der Waals surface area contributed by atoms with Gasteiger partial charge in [0.25, 0.3) is 0 Å². The number of rotatable bonds is 0. The average Bonchev–Trinajstić information content (AvgIpc) is 2.63. The summed E-state index contributed by atoms with van der Waals surface area (Å²) in [7, 11) is 2.14. The standard InChI is InChI=1S/C8H13N3.2C2H6/c1-6-9-7-3-4-11(2)5-8(7)10-6;2*1-2/h3-5H2,1-2H3,(H,9,10);2*1-2H3. The molecule has 0 saturated carbocycles. The van der Waals surface area contributed by atoms with Gasteiger partial charge in [0, 0.05) is 19.5 Å². The Kier molecular flexibility index (Phi) is 7.05. The topological polar surface area (TPSA) is 31.9 Å². The van der Waals surface area contributed by atoms with Gasteiger partial charge in [0.1, 0.15) is 5.82 Å². The zero-order valence-corrected chi connectivity index (χ0v) is 11.0. The van der Waals surface area contributed by atoms with E-state index in [9.17, 15) is 0 Å². The molecule has 0 bridgehead atoms. The summed E-state index contributed by atoms with van der Waals surface area (Å²) in [4.78, 5) is 9.98. The van der Waals surface area contributed by atoms with Gasteiger partial charge in [-0.15, -0.1) is 0 Å². The minimum absolute atomic E-state index is 1.02. The SMILES string of the molecule is CC.CC.Cc1nc2c([nH]1)CN(C)CC2. The average molecular weight is 211 g/mol. The van der Waals surface area contributed by atoms with Gasteiger partial charge in [-0.1, -0.05) is 27.7 Å². The predicted molar refractivity (Wildman–Crippen MR) is 66.1 cm³/mol. The lowest BCUT2D eigenvalue weighted by molar-refractivity contribution is 0.307. The first-order chi connectivity index (χ1) is 7.25. The maximum Gasteiger partial charge on any atom is 0.103 e. The number of aryl methyl sites for hydroxylation is 1. The van der Waals surface area contributed by atoms with E-state index in [1.807, 2.05) is 34.6 Å². The van der Waals surface area contributed by atoms with Crippen LogP contribution >= 0.6 is 0 Å². The molecule has 0 radical (unpaired) electrons. The molecule has 1 aliphatic heterocycles. The second-order valence-corrected chi connectivity index (χ2v) is 3.24. The summed E-state index contributed by atoms with van der Waals surface area (Å²) in [5, 5.41) is 0. The summed E-state index contributed by atoms with van der Waals surface area (Å²) in [6.45, 7) is 12.2. The van der Waals surface area contributed by atoms with E-state index in [4.69, 9.17) is 0 Å². The van der Waals surface area contributed by atoms with Crippen molar-refractivity contribution in [2.24, 2.45) is 0 Å². The molecule has 1 aliphatic rings. The van der Waals surface area contributed by atoms with E-state index in [0.717, 1.165) is 25.3 Å². The highest BCUT2D eigenvalue weighted by atomic mass is 15.1. The van der Waals surface area contributed by atoms with Crippen LogP contribution in [0.1, 0.15) is 44.9 Å². The van der Waals surface area contributed by atoms with Crippen molar-refractivity contribution in [3.8, 4) is 0 Å². The lowest BCUT2D eigenvalue weighted by atomic mass is 10.2. The van der Waals surface area contributed by atoms with Gasteiger partial charge < -0.3 is 9.88 Å². The van der Waals surface area contributed by atoms with Crippen molar-refractivity contribution in [2.75, 3.05) is 13.6 Å². The quantitative estimate of drug-likeness (QED) is 0.715. The normalized spacial score (nSPS) is 14.3. The maximum absolute atomic E-state index is 4.40. The third-order valence-electron chi connectivity index (χ3n) is 2.14. The summed E-state index contributed by atoms with van der Waals surface area (Å²) in [6.07, 6.45) is 1.09. The van der Waals surface area contributed by atoms with Crippen molar-refractivity contribution in [2.45, 2.75) is 47.6 Å². The molecule has 88 valence electrons. The maximum atomic E-state index is 4.40. The second kappa shape index (κ2) is 7.46. The number of aromatic amines is 1. The molecule has 0 saturated heterocycles. The van der Waals surface area contributed by atoms with E-state index in [1.165, 1.54) is 11.4 Å². The molecule has 3 nitrogen and oxygen atoms in total. The molecule has 0 amide bonds. The van der Waals surface area contributed by atoms with Gasteiger partial charge in [0.05, 0.1) is 11.4 Å². The smallest absolute Gasteiger partial charge is 0.103 e. The van der Waals surface area contributed by atoms with E-state index in [-0.39, 0.29) is 0 Å². The highest BCUT2D eigenvalue weighted by Gasteiger charge is 2.15. The Morgan fingerprint density at radius 1 is 1.20 bits per heavy atom. The van der Waals surface area contributed by atoms with Gasteiger partial charge in [-0.2, -0.15) is 0 Å². The summed E-state index contributed by atoms with van der Waals surface area (Å²) in [5.74, 6) is 1.05. The van der Waals surface area contributed by atoms with Gasteiger partial charge >= 0.3 is 0 Å². The van der Waals surface area contributed by atoms with Crippen molar-refractivity contribution in [1.29, 1.82) is 0 Å². The van der Waals surface area contributed by atoms with Crippen LogP contribution in [0, 0.1) is 6.92 Å². The van der Waals surface area contributed by atoms with Crippen molar-refractivity contribution in [3.05, 3.63) is 17.2 Å². The lowest BCUT2D eigenvalue weighted by Gasteiger charge is -2.20. The Balaban J connectivity index is 0.000000442. The van der Waals surface area contributed by atoms with Gasteiger partial charge in [0.15, 0.2) is 0 Å². The fourth-order valence-electron chi connectivity index (χ4n) is 1.57. The second-order valence-electron chi connectivity index (χ2n) is 3.24. The molecule has 1 aromatic heterocycles. The Labute approximate surface area is 93.9 Å². The van der Waals surface area contributed by atoms with Gasteiger partial charge in [-0.05, 0) is 14.0 Å². The zero-order chi connectivity index (χ0) is 11.8. The number of nitrogens with zero attached hydrogens (tertiary/aromatic N) is 2. The molecule has 0 unspecified atom stereocenters. The molecule has 15 heavy (non-hydrogen) atoms. The zero-order valence-electron chi connectivity index (χ0n) is 11.0. The van der Waals surface area contributed by atoms with Crippen LogP contribution in [-0.2, 0) is 13.0 Å². The summed E-state index contributed by atoms with van der Waals surface area (Å²) >= 11 is 0. The first kappa shape index (κ1) is 14.2. The van der Waals surface area contributed by atoms with Crippen LogP contribution in [0.25, 0.3) is 0 Å². The largest absolute Gasteiger partial charge is 0.345 e. The number of likely N-dealkylation sites (N-methyl/N-ethyl adjacent to an activating group) is 1. The first-order valence-electron chi connectivity index (χ1n) is 5.98. The van der Waals surface area contributed by atoms with E-state index < -0.39 is 0 Å². The van der Waals surface area contributed by atoms with Crippen LogP contribution in [0.15, 0.2) is 0 Å². The van der Waals surface area contributed by atoms with Crippen LogP contribution in [0.5, 0.6) is 0 Å². The number of H-pyrrole nitrogens is 1. The molecule has 2 rings (SSSR count). The lowest BCUT2D eigenvalue weighted by Crippen LogP contribution is -2.26. The Bertz CT molecular complexity index is 266. The monoisotopic (exact) mass is 211 g/mol. The molecular weight excluding hydrogens is 186 g/mol. The summed E-state index contributed by atoms with van der Waals surface area (Å²) < 4.78 is 0. The third kappa shape index (κ3) is 4.04. The fourth-order valence-corrected chi connectivity index (χ4v) is 1.57. The fraction of sp³-hybridized carbons (Fsp3) is 0.750.